The number of sulfonamides is 1. The zero-order chi connectivity index (χ0) is 21.1. The van der Waals surface area contributed by atoms with Gasteiger partial charge >= 0.3 is 10.0 Å². The molecular weight excluding hydrogens is 390 g/mol. The van der Waals surface area contributed by atoms with E-state index in [1.165, 1.54) is 24.5 Å². The number of carbonyl (C=O) groups is 2. The van der Waals surface area contributed by atoms with Gasteiger partial charge in [0.15, 0.2) is 6.54 Å². The SMILES string of the molecule is Cc1ccc(S(=O)(=O)[N+]2(CC(=O)c3ccccc3)C=CCC(C(=O)NN)=C2)cc1. The first-order chi connectivity index (χ1) is 13.8. The Morgan fingerprint density at radius 3 is 2.34 bits per heavy atom. The highest BCUT2D eigenvalue weighted by atomic mass is 32.2. The van der Waals surface area contributed by atoms with Crippen LogP contribution in [0.4, 0.5) is 0 Å². The van der Waals surface area contributed by atoms with Crippen molar-refractivity contribution in [2.75, 3.05) is 6.54 Å². The number of hydrogen-bond acceptors (Lipinski definition) is 5. The number of hydrazine groups is 1. The number of aryl methyl sites for hydroxylation is 1. The van der Waals surface area contributed by atoms with Crippen LogP contribution < -0.4 is 11.3 Å². The van der Waals surface area contributed by atoms with E-state index in [9.17, 15) is 18.0 Å². The number of quaternary nitrogens is 1. The molecule has 2 aromatic carbocycles. The van der Waals surface area contributed by atoms with Gasteiger partial charge in [-0.1, -0.05) is 48.0 Å². The minimum Gasteiger partial charge on any atom is -0.290 e. The fourth-order valence-corrected chi connectivity index (χ4v) is 4.81. The van der Waals surface area contributed by atoms with Gasteiger partial charge in [0.25, 0.3) is 5.91 Å². The van der Waals surface area contributed by atoms with Crippen LogP contribution in [0.15, 0.2) is 83.5 Å². The van der Waals surface area contributed by atoms with E-state index in [0.29, 0.717) is 5.56 Å². The Morgan fingerprint density at radius 2 is 1.72 bits per heavy atom. The monoisotopic (exact) mass is 412 g/mol. The molecule has 1 unspecified atom stereocenters. The van der Waals surface area contributed by atoms with Crippen molar-refractivity contribution in [1.29, 1.82) is 0 Å². The second-order valence-corrected chi connectivity index (χ2v) is 8.91. The van der Waals surface area contributed by atoms with Crippen LogP contribution in [0.25, 0.3) is 0 Å². The van der Waals surface area contributed by atoms with Crippen LogP contribution >= 0.6 is 0 Å². The molecule has 1 atom stereocenters. The number of allylic oxidation sites excluding steroid dienone is 1. The topological polar surface area (TPSA) is 106 Å². The Balaban J connectivity index is 2.14. The number of benzene rings is 2. The lowest BCUT2D eigenvalue weighted by Crippen LogP contribution is -2.48. The maximum Gasteiger partial charge on any atom is 0.336 e. The number of ketones is 1. The number of hydrogen-bond donors (Lipinski definition) is 2. The molecule has 7 nitrogen and oxygen atoms in total. The molecule has 0 saturated carbocycles. The molecule has 0 fully saturated rings. The number of nitrogens with two attached hydrogens (primary N) is 1. The Morgan fingerprint density at radius 1 is 1.07 bits per heavy atom. The molecule has 29 heavy (non-hydrogen) atoms. The number of carbonyl (C=O) groups excluding carboxylic acids is 2. The number of nitrogens with zero attached hydrogens (tertiary/aromatic N) is 1. The molecule has 3 N–H and O–H groups in total. The molecule has 0 aromatic heterocycles. The number of nitrogens with one attached hydrogen (secondary N) is 1. The molecule has 1 amide bonds. The number of amides is 1. The van der Waals surface area contributed by atoms with Crippen LogP contribution in [0, 0.1) is 6.92 Å². The first-order valence-electron chi connectivity index (χ1n) is 8.97. The van der Waals surface area contributed by atoms with E-state index < -0.39 is 26.4 Å². The average molecular weight is 412 g/mol. The third kappa shape index (κ3) is 4.04. The molecule has 1 heterocycles. The highest BCUT2D eigenvalue weighted by molar-refractivity contribution is 7.86. The predicted molar refractivity (Wildman–Crippen MR) is 108 cm³/mol. The Bertz CT molecular complexity index is 1090. The molecule has 1 aliphatic heterocycles. The van der Waals surface area contributed by atoms with Crippen molar-refractivity contribution in [2.24, 2.45) is 5.84 Å². The molecule has 150 valence electrons. The van der Waals surface area contributed by atoms with Crippen molar-refractivity contribution in [3.05, 3.63) is 89.8 Å². The van der Waals surface area contributed by atoms with Crippen LogP contribution in [-0.4, -0.2) is 30.5 Å². The van der Waals surface area contributed by atoms with Gasteiger partial charge < -0.3 is 0 Å². The lowest BCUT2D eigenvalue weighted by molar-refractivity contribution is -0.684. The average Bonchev–Trinajstić information content (AvgIpc) is 2.74. The molecule has 0 saturated heterocycles. The van der Waals surface area contributed by atoms with Gasteiger partial charge in [0.2, 0.25) is 5.78 Å². The van der Waals surface area contributed by atoms with Gasteiger partial charge in [-0.25, -0.2) is 5.84 Å². The van der Waals surface area contributed by atoms with Crippen LogP contribution in [0.1, 0.15) is 22.3 Å². The van der Waals surface area contributed by atoms with E-state index >= 15 is 0 Å². The molecule has 0 spiro atoms. The first-order valence-corrected chi connectivity index (χ1v) is 10.4. The van der Waals surface area contributed by atoms with Gasteiger partial charge in [-0.2, -0.15) is 12.3 Å². The fourth-order valence-electron chi connectivity index (χ4n) is 3.14. The van der Waals surface area contributed by atoms with E-state index in [1.807, 2.05) is 12.3 Å². The van der Waals surface area contributed by atoms with Crippen LogP contribution in [0.3, 0.4) is 0 Å². The fraction of sp³-hybridized carbons (Fsp3) is 0.143. The third-order valence-electron chi connectivity index (χ3n) is 4.75. The highest BCUT2D eigenvalue weighted by Crippen LogP contribution is 2.31. The summed E-state index contributed by atoms with van der Waals surface area (Å²) in [4.78, 5) is 25.1. The van der Waals surface area contributed by atoms with Crippen LogP contribution in [0.5, 0.6) is 0 Å². The normalized spacial score (nSPS) is 18.8. The van der Waals surface area contributed by atoms with Crippen molar-refractivity contribution < 1.29 is 21.9 Å². The Labute approximate surface area is 169 Å². The molecule has 3 rings (SSSR count). The molecule has 2 aromatic rings. The summed E-state index contributed by atoms with van der Waals surface area (Å²) < 4.78 is 26.4. The quantitative estimate of drug-likeness (QED) is 0.249. The summed E-state index contributed by atoms with van der Waals surface area (Å²) in [6, 6.07) is 14.8. The summed E-state index contributed by atoms with van der Waals surface area (Å²) in [6.07, 6.45) is 4.50. The zero-order valence-electron chi connectivity index (χ0n) is 15.9. The standard InChI is InChI=1S/C21H21N3O4S/c1-16-9-11-19(12-10-16)29(27,28)24(13-5-8-18(14-24)21(26)23-22)15-20(25)17-6-3-2-4-7-17/h2-7,9-14H,8,15,22H2,1H3/p+1. The van der Waals surface area contributed by atoms with Gasteiger partial charge in [0.1, 0.15) is 17.3 Å². The van der Waals surface area contributed by atoms with Gasteiger partial charge in [0, 0.05) is 12.0 Å². The molecule has 0 aliphatic carbocycles. The van der Waals surface area contributed by atoms with E-state index in [0.717, 1.165) is 5.56 Å². The van der Waals surface area contributed by atoms with Gasteiger partial charge in [0.05, 0.1) is 5.57 Å². The maximum absolute atomic E-state index is 13.6. The van der Waals surface area contributed by atoms with E-state index in [4.69, 9.17) is 5.84 Å². The largest absolute Gasteiger partial charge is 0.336 e. The minimum atomic E-state index is -4.09. The van der Waals surface area contributed by atoms with Crippen molar-refractivity contribution in [3.8, 4) is 0 Å². The Hall–Kier alpha value is -3.07. The van der Waals surface area contributed by atoms with Crippen molar-refractivity contribution in [3.63, 3.8) is 0 Å². The van der Waals surface area contributed by atoms with Crippen LogP contribution in [-0.2, 0) is 14.8 Å². The van der Waals surface area contributed by atoms with Crippen molar-refractivity contribution in [2.45, 2.75) is 18.2 Å². The summed E-state index contributed by atoms with van der Waals surface area (Å²) in [5, 5.41) is 0. The molecular formula is C21H22N3O4S+. The van der Waals surface area contributed by atoms with Crippen molar-refractivity contribution >= 4 is 21.7 Å². The molecule has 0 bridgehead atoms. The van der Waals surface area contributed by atoms with Crippen LogP contribution in [0.2, 0.25) is 0 Å². The number of rotatable bonds is 6. The summed E-state index contributed by atoms with van der Waals surface area (Å²) in [7, 11) is -4.09. The van der Waals surface area contributed by atoms with Crippen molar-refractivity contribution in [1.82, 2.24) is 5.43 Å². The summed E-state index contributed by atoms with van der Waals surface area (Å²) in [5.74, 6) is 4.27. The predicted octanol–water partition coefficient (Wildman–Crippen LogP) is 2.17. The summed E-state index contributed by atoms with van der Waals surface area (Å²) >= 11 is 0. The van der Waals surface area contributed by atoms with E-state index in [2.05, 4.69) is 0 Å². The minimum absolute atomic E-state index is 0.0549. The van der Waals surface area contributed by atoms with Gasteiger partial charge in [-0.05, 0) is 25.1 Å². The second-order valence-electron chi connectivity index (χ2n) is 6.81. The molecule has 8 heteroatoms. The van der Waals surface area contributed by atoms with E-state index in [1.54, 1.807) is 48.5 Å². The van der Waals surface area contributed by atoms with Gasteiger partial charge in [-0.3, -0.25) is 15.0 Å². The summed E-state index contributed by atoms with van der Waals surface area (Å²) in [5.41, 5.74) is 3.49. The molecule has 0 radical (unpaired) electrons. The van der Waals surface area contributed by atoms with E-state index in [-0.39, 0.29) is 22.7 Å². The van der Waals surface area contributed by atoms with Gasteiger partial charge in [-0.15, -0.1) is 0 Å². The first kappa shape index (κ1) is 20.7. The number of Topliss-reactive ketones (excluding diaryl/α,β-unsaturated/α-hetero) is 1. The third-order valence-corrected chi connectivity index (χ3v) is 6.86. The lowest BCUT2D eigenvalue weighted by Gasteiger charge is -2.31. The second kappa shape index (κ2) is 8.12. The smallest absolute Gasteiger partial charge is 0.290 e. The lowest BCUT2D eigenvalue weighted by atomic mass is 10.1. The Kier molecular flexibility index (Phi) is 5.78. The molecule has 1 aliphatic rings. The summed E-state index contributed by atoms with van der Waals surface area (Å²) in [6.45, 7) is 1.46. The maximum atomic E-state index is 13.6. The highest BCUT2D eigenvalue weighted by Gasteiger charge is 2.44. The zero-order valence-corrected chi connectivity index (χ0v) is 16.7.